The van der Waals surface area contributed by atoms with Gasteiger partial charge in [-0.25, -0.2) is 0 Å². The zero-order valence-electron chi connectivity index (χ0n) is 11.5. The van der Waals surface area contributed by atoms with Crippen molar-refractivity contribution in [1.82, 2.24) is 5.32 Å². The van der Waals surface area contributed by atoms with Crippen LogP contribution in [0.25, 0.3) is 0 Å². The first kappa shape index (κ1) is 13.4. The lowest BCUT2D eigenvalue weighted by Gasteiger charge is -2.18. The molecule has 1 aromatic rings. The summed E-state index contributed by atoms with van der Waals surface area (Å²) >= 11 is 0. The number of ether oxygens (including phenoxy) is 2. The van der Waals surface area contributed by atoms with Crippen LogP contribution in [0, 0.1) is 5.92 Å². The van der Waals surface area contributed by atoms with Gasteiger partial charge in [-0.05, 0) is 42.0 Å². The Bertz CT molecular complexity index is 392. The first-order valence-electron chi connectivity index (χ1n) is 6.63. The second-order valence-corrected chi connectivity index (χ2v) is 5.12. The fourth-order valence-electron chi connectivity index (χ4n) is 2.61. The molecule has 1 aliphatic rings. The summed E-state index contributed by atoms with van der Waals surface area (Å²) < 4.78 is 10.5. The average Bonchev–Trinajstić information content (AvgIpc) is 2.79. The normalized spacial score (nSPS) is 19.6. The van der Waals surface area contributed by atoms with Crippen LogP contribution in [0.15, 0.2) is 18.2 Å². The molecule has 100 valence electrons. The molecule has 18 heavy (non-hydrogen) atoms. The van der Waals surface area contributed by atoms with Gasteiger partial charge in [-0.1, -0.05) is 13.0 Å². The van der Waals surface area contributed by atoms with Crippen LogP contribution in [0.5, 0.6) is 5.75 Å². The molecule has 0 bridgehead atoms. The van der Waals surface area contributed by atoms with Crippen molar-refractivity contribution in [2.75, 3.05) is 27.4 Å². The Labute approximate surface area is 109 Å². The van der Waals surface area contributed by atoms with Gasteiger partial charge < -0.3 is 14.8 Å². The number of hydrogen-bond donors (Lipinski definition) is 1. The van der Waals surface area contributed by atoms with Crippen LogP contribution >= 0.6 is 0 Å². The lowest BCUT2D eigenvalue weighted by atomic mass is 10.1. The van der Waals surface area contributed by atoms with Crippen molar-refractivity contribution in [3.05, 3.63) is 29.3 Å². The second kappa shape index (κ2) is 6.21. The highest BCUT2D eigenvalue weighted by Gasteiger charge is 2.22. The van der Waals surface area contributed by atoms with Gasteiger partial charge >= 0.3 is 0 Å². The van der Waals surface area contributed by atoms with Gasteiger partial charge in [0.2, 0.25) is 0 Å². The van der Waals surface area contributed by atoms with E-state index in [1.54, 1.807) is 14.2 Å². The fourth-order valence-corrected chi connectivity index (χ4v) is 2.61. The summed E-state index contributed by atoms with van der Waals surface area (Å²) in [5, 5.41) is 3.64. The number of fused-ring (bicyclic) bond motifs is 1. The molecule has 1 aromatic carbocycles. The maximum atomic E-state index is 5.30. The molecule has 0 saturated heterocycles. The number of rotatable bonds is 6. The Hall–Kier alpha value is -1.06. The lowest BCUT2D eigenvalue weighted by molar-refractivity contribution is 0.157. The highest BCUT2D eigenvalue weighted by molar-refractivity contribution is 5.40. The van der Waals surface area contributed by atoms with Crippen LogP contribution in [-0.4, -0.2) is 27.4 Å². The van der Waals surface area contributed by atoms with E-state index in [0.717, 1.165) is 25.3 Å². The van der Waals surface area contributed by atoms with Crippen molar-refractivity contribution in [1.29, 1.82) is 0 Å². The van der Waals surface area contributed by atoms with E-state index in [2.05, 4.69) is 30.4 Å². The average molecular weight is 249 g/mol. The zero-order chi connectivity index (χ0) is 13.0. The minimum Gasteiger partial charge on any atom is -0.497 e. The van der Waals surface area contributed by atoms with Gasteiger partial charge in [0, 0.05) is 26.3 Å². The highest BCUT2D eigenvalue weighted by Crippen LogP contribution is 2.33. The van der Waals surface area contributed by atoms with E-state index in [1.807, 2.05) is 0 Å². The van der Waals surface area contributed by atoms with Crippen molar-refractivity contribution in [2.24, 2.45) is 5.92 Å². The molecule has 3 nitrogen and oxygen atoms in total. The molecule has 0 radical (unpaired) electrons. The van der Waals surface area contributed by atoms with Crippen LogP contribution in [0.4, 0.5) is 0 Å². The molecule has 2 atom stereocenters. The van der Waals surface area contributed by atoms with Crippen molar-refractivity contribution in [2.45, 2.75) is 25.8 Å². The van der Waals surface area contributed by atoms with E-state index in [9.17, 15) is 0 Å². The molecule has 0 aliphatic heterocycles. The molecular weight excluding hydrogens is 226 g/mol. The van der Waals surface area contributed by atoms with Gasteiger partial charge in [-0.15, -0.1) is 0 Å². The molecule has 2 rings (SSSR count). The van der Waals surface area contributed by atoms with Crippen LogP contribution in [0.2, 0.25) is 0 Å². The molecule has 0 saturated carbocycles. The first-order valence-corrected chi connectivity index (χ1v) is 6.63. The van der Waals surface area contributed by atoms with E-state index in [1.165, 1.54) is 17.5 Å². The third kappa shape index (κ3) is 3.03. The molecule has 1 N–H and O–H groups in total. The lowest BCUT2D eigenvalue weighted by Crippen LogP contribution is -2.26. The largest absolute Gasteiger partial charge is 0.497 e. The Morgan fingerprint density at radius 3 is 2.94 bits per heavy atom. The van der Waals surface area contributed by atoms with E-state index in [0.29, 0.717) is 12.0 Å². The van der Waals surface area contributed by atoms with Gasteiger partial charge in [0.05, 0.1) is 7.11 Å². The summed E-state index contributed by atoms with van der Waals surface area (Å²) in [6, 6.07) is 6.87. The van der Waals surface area contributed by atoms with Crippen molar-refractivity contribution in [3.8, 4) is 5.75 Å². The summed E-state index contributed by atoms with van der Waals surface area (Å²) in [4.78, 5) is 0. The molecule has 1 aliphatic carbocycles. The Kier molecular flexibility index (Phi) is 4.61. The fraction of sp³-hybridized carbons (Fsp3) is 0.600. The second-order valence-electron chi connectivity index (χ2n) is 5.12. The molecule has 0 heterocycles. The van der Waals surface area contributed by atoms with Crippen molar-refractivity contribution >= 4 is 0 Å². The summed E-state index contributed by atoms with van der Waals surface area (Å²) in [6.45, 7) is 4.01. The van der Waals surface area contributed by atoms with E-state index in [4.69, 9.17) is 9.47 Å². The summed E-state index contributed by atoms with van der Waals surface area (Å²) in [5.74, 6) is 1.50. The number of aryl methyl sites for hydroxylation is 1. The van der Waals surface area contributed by atoms with Gasteiger partial charge in [0.25, 0.3) is 0 Å². The number of methoxy groups -OCH3 is 2. The minimum atomic E-state index is 0.467. The van der Waals surface area contributed by atoms with Crippen LogP contribution in [0.3, 0.4) is 0 Å². The highest BCUT2D eigenvalue weighted by atomic mass is 16.5. The maximum Gasteiger partial charge on any atom is 0.119 e. The topological polar surface area (TPSA) is 30.5 Å². The molecule has 0 aromatic heterocycles. The monoisotopic (exact) mass is 249 g/mol. The minimum absolute atomic E-state index is 0.467. The van der Waals surface area contributed by atoms with Crippen LogP contribution in [0.1, 0.15) is 30.5 Å². The van der Waals surface area contributed by atoms with Gasteiger partial charge in [-0.2, -0.15) is 0 Å². The SMILES string of the molecule is COCC(C)CNC1CCc2ccc(OC)cc21. The zero-order valence-corrected chi connectivity index (χ0v) is 11.5. The van der Waals surface area contributed by atoms with E-state index >= 15 is 0 Å². The Morgan fingerprint density at radius 1 is 1.39 bits per heavy atom. The molecule has 0 spiro atoms. The van der Waals surface area contributed by atoms with Crippen LogP contribution < -0.4 is 10.1 Å². The Balaban J connectivity index is 1.97. The molecule has 3 heteroatoms. The summed E-state index contributed by atoms with van der Waals surface area (Å²) in [5.41, 5.74) is 2.85. The predicted molar refractivity (Wildman–Crippen MR) is 73.1 cm³/mol. The van der Waals surface area contributed by atoms with Gasteiger partial charge in [0.1, 0.15) is 5.75 Å². The standard InChI is InChI=1S/C15H23NO2/c1-11(10-17-2)9-16-15-7-5-12-4-6-13(18-3)8-14(12)15/h4,6,8,11,15-16H,5,7,9-10H2,1-3H3. The van der Waals surface area contributed by atoms with Gasteiger partial charge in [-0.3, -0.25) is 0 Å². The predicted octanol–water partition coefficient (Wildman–Crippen LogP) is 2.55. The van der Waals surface area contributed by atoms with Crippen LogP contribution in [-0.2, 0) is 11.2 Å². The Morgan fingerprint density at radius 2 is 2.22 bits per heavy atom. The number of hydrogen-bond acceptors (Lipinski definition) is 3. The summed E-state index contributed by atoms with van der Waals surface area (Å²) in [6.07, 6.45) is 2.35. The van der Waals surface area contributed by atoms with Crippen molar-refractivity contribution in [3.63, 3.8) is 0 Å². The third-order valence-corrected chi connectivity index (χ3v) is 3.59. The van der Waals surface area contributed by atoms with Crippen molar-refractivity contribution < 1.29 is 9.47 Å². The maximum absolute atomic E-state index is 5.30. The number of benzene rings is 1. The third-order valence-electron chi connectivity index (χ3n) is 3.59. The smallest absolute Gasteiger partial charge is 0.119 e. The molecule has 2 unspecified atom stereocenters. The summed E-state index contributed by atoms with van der Waals surface area (Å²) in [7, 11) is 3.48. The first-order chi connectivity index (χ1) is 8.74. The molecule has 0 amide bonds. The van der Waals surface area contributed by atoms with Gasteiger partial charge in [0.15, 0.2) is 0 Å². The van der Waals surface area contributed by atoms with E-state index < -0.39 is 0 Å². The van der Waals surface area contributed by atoms with E-state index in [-0.39, 0.29) is 0 Å². The number of nitrogens with one attached hydrogen (secondary N) is 1. The molecule has 0 fully saturated rings. The molecular formula is C15H23NO2. The quantitative estimate of drug-likeness (QED) is 0.840.